The Morgan fingerprint density at radius 2 is 2.05 bits per heavy atom. The predicted octanol–water partition coefficient (Wildman–Crippen LogP) is 1.68. The van der Waals surface area contributed by atoms with Gasteiger partial charge in [-0.15, -0.1) is 10.2 Å². The van der Waals surface area contributed by atoms with Gasteiger partial charge in [0.15, 0.2) is 0 Å². The van der Waals surface area contributed by atoms with E-state index in [-0.39, 0.29) is 11.0 Å². The molecule has 0 spiro atoms. The standard InChI is InChI=1S/C12H15N3O4S/c1-2-10-13-14-12(19-10)9-7-11(18-8-9)20(16,17)15-5-3-4-6-15/h7-8H,2-6H2,1H3. The summed E-state index contributed by atoms with van der Waals surface area (Å²) in [6.45, 7) is 2.98. The van der Waals surface area contributed by atoms with Crippen molar-refractivity contribution >= 4 is 10.0 Å². The van der Waals surface area contributed by atoms with Crippen molar-refractivity contribution in [3.8, 4) is 11.5 Å². The molecule has 0 amide bonds. The lowest BCUT2D eigenvalue weighted by Gasteiger charge is -2.12. The summed E-state index contributed by atoms with van der Waals surface area (Å²) in [5, 5.41) is 7.63. The molecule has 3 rings (SSSR count). The van der Waals surface area contributed by atoms with E-state index in [1.165, 1.54) is 16.6 Å². The fraction of sp³-hybridized carbons (Fsp3) is 0.500. The van der Waals surface area contributed by atoms with E-state index in [9.17, 15) is 8.42 Å². The summed E-state index contributed by atoms with van der Waals surface area (Å²) in [4.78, 5) is 0. The highest BCUT2D eigenvalue weighted by molar-refractivity contribution is 7.89. The lowest BCUT2D eigenvalue weighted by Crippen LogP contribution is -2.27. The summed E-state index contributed by atoms with van der Waals surface area (Å²) in [6, 6.07) is 1.43. The molecule has 8 heteroatoms. The minimum absolute atomic E-state index is 0.0781. The zero-order valence-corrected chi connectivity index (χ0v) is 11.9. The van der Waals surface area contributed by atoms with E-state index < -0.39 is 10.0 Å². The Kier molecular flexibility index (Phi) is 3.35. The van der Waals surface area contributed by atoms with Gasteiger partial charge in [-0.25, -0.2) is 8.42 Å². The van der Waals surface area contributed by atoms with Gasteiger partial charge in [-0.3, -0.25) is 0 Å². The van der Waals surface area contributed by atoms with E-state index >= 15 is 0 Å². The van der Waals surface area contributed by atoms with Crippen LogP contribution in [0.25, 0.3) is 11.5 Å². The van der Waals surface area contributed by atoms with Crippen LogP contribution in [0.4, 0.5) is 0 Å². The van der Waals surface area contributed by atoms with Gasteiger partial charge in [0, 0.05) is 25.6 Å². The van der Waals surface area contributed by atoms with Crippen LogP contribution >= 0.6 is 0 Å². The highest BCUT2D eigenvalue weighted by Gasteiger charge is 2.30. The third kappa shape index (κ3) is 2.25. The Bertz CT molecular complexity index is 698. The molecule has 1 fully saturated rings. The van der Waals surface area contributed by atoms with Crippen molar-refractivity contribution in [2.75, 3.05) is 13.1 Å². The molecule has 0 bridgehead atoms. The average Bonchev–Trinajstić information content (AvgIpc) is 3.18. The van der Waals surface area contributed by atoms with Crippen LogP contribution in [0.2, 0.25) is 0 Å². The molecule has 2 aromatic rings. The lowest BCUT2D eigenvalue weighted by molar-refractivity contribution is 0.411. The van der Waals surface area contributed by atoms with Crippen LogP contribution in [-0.2, 0) is 16.4 Å². The molecule has 1 saturated heterocycles. The summed E-state index contributed by atoms with van der Waals surface area (Å²) in [5.74, 6) is 0.777. The maximum absolute atomic E-state index is 12.3. The van der Waals surface area contributed by atoms with Gasteiger partial charge in [-0.2, -0.15) is 4.31 Å². The van der Waals surface area contributed by atoms with E-state index in [1.54, 1.807) is 0 Å². The second-order valence-electron chi connectivity index (χ2n) is 4.62. The fourth-order valence-electron chi connectivity index (χ4n) is 2.13. The van der Waals surface area contributed by atoms with E-state index in [0.29, 0.717) is 31.0 Å². The van der Waals surface area contributed by atoms with Crippen molar-refractivity contribution in [2.45, 2.75) is 31.3 Å². The first kappa shape index (κ1) is 13.3. The Balaban J connectivity index is 1.89. The molecule has 0 aromatic carbocycles. The zero-order chi connectivity index (χ0) is 14.2. The van der Waals surface area contributed by atoms with Crippen LogP contribution in [0.1, 0.15) is 25.7 Å². The second kappa shape index (κ2) is 5.02. The van der Waals surface area contributed by atoms with Crippen LogP contribution in [0, 0.1) is 0 Å². The average molecular weight is 297 g/mol. The van der Waals surface area contributed by atoms with Crippen molar-refractivity contribution in [3.63, 3.8) is 0 Å². The Labute approximate surface area is 116 Å². The molecule has 20 heavy (non-hydrogen) atoms. The maximum Gasteiger partial charge on any atom is 0.276 e. The highest BCUT2D eigenvalue weighted by atomic mass is 32.2. The third-order valence-corrected chi connectivity index (χ3v) is 5.02. The topological polar surface area (TPSA) is 89.4 Å². The second-order valence-corrected chi connectivity index (χ2v) is 6.49. The molecule has 0 unspecified atom stereocenters. The molecule has 0 radical (unpaired) electrons. The molecule has 7 nitrogen and oxygen atoms in total. The third-order valence-electron chi connectivity index (χ3n) is 3.25. The molecule has 0 atom stereocenters. The van der Waals surface area contributed by atoms with Gasteiger partial charge in [-0.05, 0) is 12.8 Å². The summed E-state index contributed by atoms with van der Waals surface area (Å²) in [6.07, 6.45) is 3.73. The largest absolute Gasteiger partial charge is 0.451 e. The molecule has 2 aromatic heterocycles. The molecule has 1 aliphatic heterocycles. The number of furan rings is 1. The van der Waals surface area contributed by atoms with Crippen LogP contribution in [0.3, 0.4) is 0 Å². The van der Waals surface area contributed by atoms with Crippen LogP contribution in [0.5, 0.6) is 0 Å². The van der Waals surface area contributed by atoms with Crippen molar-refractivity contribution in [3.05, 3.63) is 18.2 Å². The van der Waals surface area contributed by atoms with Gasteiger partial charge in [0.25, 0.3) is 15.9 Å². The van der Waals surface area contributed by atoms with E-state index in [2.05, 4.69) is 10.2 Å². The number of aryl methyl sites for hydroxylation is 1. The molecule has 3 heterocycles. The lowest BCUT2D eigenvalue weighted by atomic mass is 10.3. The van der Waals surface area contributed by atoms with Crippen molar-refractivity contribution in [1.29, 1.82) is 0 Å². The summed E-state index contributed by atoms with van der Waals surface area (Å²) >= 11 is 0. The van der Waals surface area contributed by atoms with E-state index in [1.807, 2.05) is 6.92 Å². The zero-order valence-electron chi connectivity index (χ0n) is 11.1. The first-order valence-electron chi connectivity index (χ1n) is 6.52. The predicted molar refractivity (Wildman–Crippen MR) is 69.4 cm³/mol. The molecule has 0 aliphatic carbocycles. The van der Waals surface area contributed by atoms with Gasteiger partial charge in [0.05, 0.1) is 5.56 Å². The van der Waals surface area contributed by atoms with Gasteiger partial charge in [0.1, 0.15) is 6.26 Å². The quantitative estimate of drug-likeness (QED) is 0.853. The molecule has 0 saturated carbocycles. The first-order chi connectivity index (χ1) is 9.61. The van der Waals surface area contributed by atoms with Gasteiger partial charge < -0.3 is 8.83 Å². The van der Waals surface area contributed by atoms with Crippen LogP contribution in [-0.4, -0.2) is 36.0 Å². The molecule has 0 N–H and O–H groups in total. The van der Waals surface area contributed by atoms with Crippen molar-refractivity contribution < 1.29 is 17.3 Å². The number of aromatic nitrogens is 2. The smallest absolute Gasteiger partial charge is 0.276 e. The molecular formula is C12H15N3O4S. The SMILES string of the molecule is CCc1nnc(-c2coc(S(=O)(=O)N3CCCC3)c2)o1. The van der Waals surface area contributed by atoms with Crippen molar-refractivity contribution in [2.24, 2.45) is 0 Å². The Hall–Kier alpha value is -1.67. The number of hydrogen-bond donors (Lipinski definition) is 0. The van der Waals surface area contributed by atoms with Crippen molar-refractivity contribution in [1.82, 2.24) is 14.5 Å². The minimum atomic E-state index is -3.55. The fourth-order valence-corrected chi connectivity index (χ4v) is 3.57. The highest BCUT2D eigenvalue weighted by Crippen LogP contribution is 2.27. The summed E-state index contributed by atoms with van der Waals surface area (Å²) in [7, 11) is -3.55. The molecule has 1 aliphatic rings. The van der Waals surface area contributed by atoms with Crippen LogP contribution < -0.4 is 0 Å². The maximum atomic E-state index is 12.3. The first-order valence-corrected chi connectivity index (χ1v) is 7.96. The van der Waals surface area contributed by atoms with Gasteiger partial charge >= 0.3 is 0 Å². The van der Waals surface area contributed by atoms with Gasteiger partial charge in [0.2, 0.25) is 11.0 Å². The number of rotatable bonds is 4. The number of nitrogens with zero attached hydrogens (tertiary/aromatic N) is 3. The number of sulfonamides is 1. The molecule has 108 valence electrons. The summed E-state index contributed by atoms with van der Waals surface area (Å²) < 4.78 is 36.6. The minimum Gasteiger partial charge on any atom is -0.451 e. The normalized spacial score (nSPS) is 16.9. The molecular weight excluding hydrogens is 282 g/mol. The van der Waals surface area contributed by atoms with Gasteiger partial charge in [-0.1, -0.05) is 6.92 Å². The number of hydrogen-bond acceptors (Lipinski definition) is 6. The summed E-state index contributed by atoms with van der Waals surface area (Å²) in [5.41, 5.74) is 0.481. The Morgan fingerprint density at radius 1 is 1.30 bits per heavy atom. The monoisotopic (exact) mass is 297 g/mol. The Morgan fingerprint density at radius 3 is 2.70 bits per heavy atom. The van der Waals surface area contributed by atoms with E-state index in [4.69, 9.17) is 8.83 Å². The van der Waals surface area contributed by atoms with E-state index in [0.717, 1.165) is 12.8 Å². The van der Waals surface area contributed by atoms with Crippen LogP contribution in [0.15, 0.2) is 26.3 Å².